The lowest BCUT2D eigenvalue weighted by Gasteiger charge is -2.07. The second-order valence-electron chi connectivity index (χ2n) is 3.68. The lowest BCUT2D eigenvalue weighted by molar-refractivity contribution is 0.0600. The predicted octanol–water partition coefficient (Wildman–Crippen LogP) is 1.03. The Hall–Kier alpha value is -2.63. The van der Waals surface area contributed by atoms with Gasteiger partial charge in [0.1, 0.15) is 0 Å². The van der Waals surface area contributed by atoms with E-state index < -0.39 is 5.97 Å². The van der Waals surface area contributed by atoms with Crippen LogP contribution in [0, 0.1) is 0 Å². The van der Waals surface area contributed by atoms with Crippen LogP contribution >= 0.6 is 0 Å². The highest BCUT2D eigenvalue weighted by atomic mass is 16.5. The first-order chi connectivity index (χ1) is 9.15. The fraction of sp³-hybridized carbons (Fsp3) is 0.154. The van der Waals surface area contributed by atoms with Gasteiger partial charge >= 0.3 is 5.97 Å². The molecule has 0 saturated carbocycles. The number of ether oxygens (including phenoxy) is 2. The van der Waals surface area contributed by atoms with Crippen molar-refractivity contribution in [1.29, 1.82) is 0 Å². The quantitative estimate of drug-likeness (QED) is 0.771. The number of pyridine rings is 2. The summed E-state index contributed by atoms with van der Waals surface area (Å²) in [5.41, 5.74) is 0.564. The summed E-state index contributed by atoms with van der Waals surface area (Å²) in [4.78, 5) is 27.2. The molecule has 0 spiro atoms. The van der Waals surface area contributed by atoms with Crippen molar-refractivity contribution < 1.29 is 14.3 Å². The van der Waals surface area contributed by atoms with Crippen LogP contribution < -0.4 is 10.3 Å². The van der Waals surface area contributed by atoms with E-state index in [-0.39, 0.29) is 11.1 Å². The molecule has 0 aliphatic carbocycles. The highest BCUT2D eigenvalue weighted by Crippen LogP contribution is 2.10. The number of carbonyl (C=O) groups excluding carboxylic acids is 1. The van der Waals surface area contributed by atoms with Gasteiger partial charge in [-0.15, -0.1) is 0 Å². The maximum Gasteiger partial charge on any atom is 0.339 e. The Labute approximate surface area is 109 Å². The average Bonchev–Trinajstić information content (AvgIpc) is 2.47. The Morgan fingerprint density at radius 2 is 2.00 bits per heavy atom. The molecule has 2 rings (SSSR count). The molecule has 6 heteroatoms. The summed E-state index contributed by atoms with van der Waals surface area (Å²) in [6.07, 6.45) is 2.90. The molecule has 2 heterocycles. The fourth-order valence-electron chi connectivity index (χ4n) is 1.56. The van der Waals surface area contributed by atoms with E-state index in [0.717, 1.165) is 0 Å². The zero-order valence-corrected chi connectivity index (χ0v) is 10.5. The lowest BCUT2D eigenvalue weighted by Crippen LogP contribution is -2.19. The third kappa shape index (κ3) is 2.62. The number of methoxy groups -OCH3 is 2. The van der Waals surface area contributed by atoms with E-state index in [4.69, 9.17) is 4.74 Å². The first-order valence-electron chi connectivity index (χ1n) is 5.47. The van der Waals surface area contributed by atoms with Crippen LogP contribution in [0.4, 0.5) is 0 Å². The summed E-state index contributed by atoms with van der Waals surface area (Å²) in [6, 6.07) is 6.03. The summed E-state index contributed by atoms with van der Waals surface area (Å²) < 4.78 is 10.9. The molecule has 2 aromatic heterocycles. The van der Waals surface area contributed by atoms with Crippen LogP contribution in [0.5, 0.6) is 5.88 Å². The van der Waals surface area contributed by atoms with E-state index >= 15 is 0 Å². The van der Waals surface area contributed by atoms with Crippen molar-refractivity contribution in [3.63, 3.8) is 0 Å². The van der Waals surface area contributed by atoms with Crippen LogP contribution in [0.15, 0.2) is 41.5 Å². The zero-order chi connectivity index (χ0) is 13.8. The van der Waals surface area contributed by atoms with Gasteiger partial charge < -0.3 is 9.47 Å². The van der Waals surface area contributed by atoms with Crippen molar-refractivity contribution in [3.8, 4) is 11.6 Å². The summed E-state index contributed by atoms with van der Waals surface area (Å²) in [7, 11) is 2.79. The van der Waals surface area contributed by atoms with Crippen molar-refractivity contribution >= 4 is 5.97 Å². The normalized spacial score (nSPS) is 10.0. The second kappa shape index (κ2) is 5.34. The highest BCUT2D eigenvalue weighted by Gasteiger charge is 2.08. The molecule has 0 unspecified atom stereocenters. The van der Waals surface area contributed by atoms with E-state index in [1.54, 1.807) is 12.1 Å². The van der Waals surface area contributed by atoms with Crippen LogP contribution in [-0.2, 0) is 4.74 Å². The SMILES string of the molecule is COC(=O)c1ccc(=O)n(-c2ccc(OC)nc2)c1. The molecule has 0 N–H and O–H groups in total. The molecule has 0 aromatic carbocycles. The largest absolute Gasteiger partial charge is 0.481 e. The smallest absolute Gasteiger partial charge is 0.339 e. The number of rotatable bonds is 3. The average molecular weight is 260 g/mol. The van der Waals surface area contributed by atoms with Crippen molar-refractivity contribution in [2.45, 2.75) is 0 Å². The van der Waals surface area contributed by atoms with Crippen LogP contribution in [0.3, 0.4) is 0 Å². The molecule has 98 valence electrons. The van der Waals surface area contributed by atoms with Crippen molar-refractivity contribution in [2.24, 2.45) is 0 Å². The van der Waals surface area contributed by atoms with Gasteiger partial charge in [-0.05, 0) is 12.1 Å². The third-order valence-corrected chi connectivity index (χ3v) is 2.54. The number of carbonyl (C=O) groups is 1. The summed E-state index contributed by atoms with van der Waals surface area (Å²) in [5, 5.41) is 0. The van der Waals surface area contributed by atoms with Gasteiger partial charge in [-0.3, -0.25) is 9.36 Å². The molecular formula is C13H12N2O4. The second-order valence-corrected chi connectivity index (χ2v) is 3.68. The van der Waals surface area contributed by atoms with E-state index in [1.807, 2.05) is 0 Å². The van der Waals surface area contributed by atoms with Gasteiger partial charge in [0.05, 0.1) is 31.7 Å². The molecule has 0 radical (unpaired) electrons. The Bertz CT molecular complexity index is 646. The summed E-state index contributed by atoms with van der Waals surface area (Å²) in [6.45, 7) is 0. The Morgan fingerprint density at radius 3 is 2.58 bits per heavy atom. The van der Waals surface area contributed by atoms with Crippen LogP contribution in [0.1, 0.15) is 10.4 Å². The predicted molar refractivity (Wildman–Crippen MR) is 67.7 cm³/mol. The molecule has 0 fully saturated rings. The Balaban J connectivity index is 2.48. The molecule has 0 atom stereocenters. The third-order valence-electron chi connectivity index (χ3n) is 2.54. The Morgan fingerprint density at radius 1 is 1.21 bits per heavy atom. The van der Waals surface area contributed by atoms with Crippen LogP contribution in [0.2, 0.25) is 0 Å². The monoisotopic (exact) mass is 260 g/mol. The van der Waals surface area contributed by atoms with Gasteiger partial charge in [0.25, 0.3) is 5.56 Å². The molecule has 2 aromatic rings. The molecular weight excluding hydrogens is 248 g/mol. The molecule has 6 nitrogen and oxygen atoms in total. The highest BCUT2D eigenvalue weighted by molar-refractivity contribution is 5.88. The van der Waals surface area contributed by atoms with E-state index in [1.165, 1.54) is 43.3 Å². The van der Waals surface area contributed by atoms with Gasteiger partial charge in [-0.25, -0.2) is 9.78 Å². The van der Waals surface area contributed by atoms with Crippen LogP contribution in [-0.4, -0.2) is 29.7 Å². The van der Waals surface area contributed by atoms with E-state index in [9.17, 15) is 9.59 Å². The van der Waals surface area contributed by atoms with E-state index in [2.05, 4.69) is 9.72 Å². The van der Waals surface area contributed by atoms with Crippen molar-refractivity contribution in [2.75, 3.05) is 14.2 Å². The molecule has 19 heavy (non-hydrogen) atoms. The van der Waals surface area contributed by atoms with Crippen molar-refractivity contribution in [3.05, 3.63) is 52.6 Å². The number of nitrogens with zero attached hydrogens (tertiary/aromatic N) is 2. The molecule has 0 bridgehead atoms. The molecule has 0 amide bonds. The van der Waals surface area contributed by atoms with Gasteiger partial charge in [-0.1, -0.05) is 0 Å². The van der Waals surface area contributed by atoms with Crippen LogP contribution in [0.25, 0.3) is 5.69 Å². The number of hydrogen-bond acceptors (Lipinski definition) is 5. The fourth-order valence-corrected chi connectivity index (χ4v) is 1.56. The van der Waals surface area contributed by atoms with Crippen molar-refractivity contribution in [1.82, 2.24) is 9.55 Å². The Kier molecular flexibility index (Phi) is 3.61. The zero-order valence-electron chi connectivity index (χ0n) is 10.5. The van der Waals surface area contributed by atoms with Gasteiger partial charge in [-0.2, -0.15) is 0 Å². The topological polar surface area (TPSA) is 70.4 Å². The first kappa shape index (κ1) is 12.8. The standard InChI is InChI=1S/C13H12N2O4/c1-18-11-5-4-10(7-14-11)15-8-9(13(17)19-2)3-6-12(15)16/h3-8H,1-2H3. The van der Waals surface area contributed by atoms with Gasteiger partial charge in [0, 0.05) is 18.3 Å². The number of hydrogen-bond donors (Lipinski definition) is 0. The minimum absolute atomic E-state index is 0.264. The molecule has 0 aliphatic heterocycles. The van der Waals surface area contributed by atoms with E-state index in [0.29, 0.717) is 11.6 Å². The lowest BCUT2D eigenvalue weighted by atomic mass is 10.2. The molecule has 0 saturated heterocycles. The molecule has 0 aliphatic rings. The van der Waals surface area contributed by atoms with Gasteiger partial charge in [0.15, 0.2) is 0 Å². The van der Waals surface area contributed by atoms with Gasteiger partial charge in [0.2, 0.25) is 5.88 Å². The summed E-state index contributed by atoms with van der Waals surface area (Å²) >= 11 is 0. The number of aromatic nitrogens is 2. The number of esters is 1. The maximum atomic E-state index is 11.8. The maximum absolute atomic E-state index is 11.8. The summed E-state index contributed by atoms with van der Waals surface area (Å²) in [5.74, 6) is -0.0591. The minimum atomic E-state index is -0.504. The first-order valence-corrected chi connectivity index (χ1v) is 5.47. The minimum Gasteiger partial charge on any atom is -0.481 e.